The van der Waals surface area contributed by atoms with Crippen LogP contribution in [0.3, 0.4) is 0 Å². The summed E-state index contributed by atoms with van der Waals surface area (Å²) in [5.74, 6) is 1.81. The molecule has 0 radical (unpaired) electrons. The molecule has 0 spiro atoms. The molecule has 0 amide bonds. The minimum absolute atomic E-state index is 0.443. The van der Waals surface area contributed by atoms with Crippen molar-refractivity contribution in [2.75, 3.05) is 24.5 Å². The first-order chi connectivity index (χ1) is 9.75. The SMILES string of the molecule is CC(C)N(CC1CCNCC1)c1nccn2nccc12. The molecule has 1 saturated heterocycles. The van der Waals surface area contributed by atoms with Crippen LogP contribution < -0.4 is 10.2 Å². The van der Waals surface area contributed by atoms with Crippen LogP contribution in [0.1, 0.15) is 26.7 Å². The molecule has 0 aliphatic carbocycles. The minimum atomic E-state index is 0.443. The van der Waals surface area contributed by atoms with Gasteiger partial charge in [0.1, 0.15) is 5.52 Å². The Morgan fingerprint density at radius 2 is 2.15 bits per heavy atom. The van der Waals surface area contributed by atoms with Gasteiger partial charge in [-0.05, 0) is 51.8 Å². The Hall–Kier alpha value is -1.62. The zero-order valence-corrected chi connectivity index (χ0v) is 12.3. The van der Waals surface area contributed by atoms with Gasteiger partial charge in [0.05, 0.1) is 6.20 Å². The number of aromatic nitrogens is 3. The Morgan fingerprint density at radius 3 is 2.90 bits per heavy atom. The van der Waals surface area contributed by atoms with Gasteiger partial charge in [-0.1, -0.05) is 0 Å². The summed E-state index contributed by atoms with van der Waals surface area (Å²) in [5.41, 5.74) is 1.09. The third-order valence-corrected chi connectivity index (χ3v) is 4.11. The molecule has 3 rings (SSSR count). The predicted octanol–water partition coefficient (Wildman–Crippen LogP) is 1.94. The molecule has 108 valence electrons. The van der Waals surface area contributed by atoms with Gasteiger partial charge in [0.25, 0.3) is 0 Å². The lowest BCUT2D eigenvalue weighted by Gasteiger charge is -2.33. The highest BCUT2D eigenvalue weighted by atomic mass is 15.3. The maximum absolute atomic E-state index is 4.62. The number of anilines is 1. The molecular formula is C15H23N5. The van der Waals surface area contributed by atoms with Crippen molar-refractivity contribution >= 4 is 11.3 Å². The number of nitrogens with one attached hydrogen (secondary N) is 1. The van der Waals surface area contributed by atoms with Crippen molar-refractivity contribution in [3.8, 4) is 0 Å². The first-order valence-electron chi connectivity index (χ1n) is 7.51. The molecule has 0 bridgehead atoms. The van der Waals surface area contributed by atoms with E-state index in [1.54, 1.807) is 0 Å². The Kier molecular flexibility index (Phi) is 3.87. The second kappa shape index (κ2) is 5.79. The van der Waals surface area contributed by atoms with Gasteiger partial charge >= 0.3 is 0 Å². The molecule has 5 nitrogen and oxygen atoms in total. The second-order valence-electron chi connectivity index (χ2n) is 5.85. The van der Waals surface area contributed by atoms with Crippen LogP contribution >= 0.6 is 0 Å². The number of fused-ring (bicyclic) bond motifs is 1. The number of nitrogens with zero attached hydrogens (tertiary/aromatic N) is 4. The summed E-state index contributed by atoms with van der Waals surface area (Å²) in [6.07, 6.45) is 8.09. The molecule has 1 aliphatic heterocycles. The van der Waals surface area contributed by atoms with E-state index >= 15 is 0 Å². The smallest absolute Gasteiger partial charge is 0.154 e. The van der Waals surface area contributed by atoms with E-state index in [1.165, 1.54) is 12.8 Å². The van der Waals surface area contributed by atoms with Crippen LogP contribution in [0.15, 0.2) is 24.7 Å². The Bertz CT molecular complexity index is 556. The van der Waals surface area contributed by atoms with Crippen molar-refractivity contribution in [2.24, 2.45) is 5.92 Å². The second-order valence-corrected chi connectivity index (χ2v) is 5.85. The lowest BCUT2D eigenvalue weighted by molar-refractivity contribution is 0.367. The van der Waals surface area contributed by atoms with Gasteiger partial charge in [-0.25, -0.2) is 9.50 Å². The Labute approximate surface area is 120 Å². The largest absolute Gasteiger partial charge is 0.352 e. The van der Waals surface area contributed by atoms with Gasteiger partial charge < -0.3 is 10.2 Å². The first-order valence-corrected chi connectivity index (χ1v) is 7.51. The molecule has 0 aromatic carbocycles. The number of hydrogen-bond donors (Lipinski definition) is 1. The van der Waals surface area contributed by atoms with Gasteiger partial charge in [0, 0.05) is 25.0 Å². The van der Waals surface area contributed by atoms with Crippen molar-refractivity contribution in [3.05, 3.63) is 24.7 Å². The highest BCUT2D eigenvalue weighted by molar-refractivity contribution is 5.68. The van der Waals surface area contributed by atoms with Crippen molar-refractivity contribution < 1.29 is 0 Å². The average Bonchev–Trinajstić information content (AvgIpc) is 2.94. The number of piperidine rings is 1. The Balaban J connectivity index is 1.87. The summed E-state index contributed by atoms with van der Waals surface area (Å²) < 4.78 is 1.90. The van der Waals surface area contributed by atoms with E-state index in [9.17, 15) is 0 Å². The van der Waals surface area contributed by atoms with E-state index < -0.39 is 0 Å². The molecule has 1 N–H and O–H groups in total. The summed E-state index contributed by atoms with van der Waals surface area (Å²) >= 11 is 0. The molecule has 0 atom stereocenters. The summed E-state index contributed by atoms with van der Waals surface area (Å²) in [6.45, 7) is 7.84. The molecular weight excluding hydrogens is 250 g/mol. The average molecular weight is 273 g/mol. The molecule has 0 unspecified atom stereocenters. The van der Waals surface area contributed by atoms with Crippen LogP contribution in [0.2, 0.25) is 0 Å². The lowest BCUT2D eigenvalue weighted by atomic mass is 9.97. The van der Waals surface area contributed by atoms with Crippen molar-refractivity contribution in [3.63, 3.8) is 0 Å². The zero-order valence-electron chi connectivity index (χ0n) is 12.3. The lowest BCUT2D eigenvalue weighted by Crippen LogP contribution is -2.40. The predicted molar refractivity (Wildman–Crippen MR) is 81.1 cm³/mol. The summed E-state index contributed by atoms with van der Waals surface area (Å²) in [5, 5.41) is 7.74. The summed E-state index contributed by atoms with van der Waals surface area (Å²) in [6, 6.07) is 2.48. The molecule has 5 heteroatoms. The molecule has 2 aromatic rings. The van der Waals surface area contributed by atoms with Crippen LogP contribution in [0.25, 0.3) is 5.52 Å². The van der Waals surface area contributed by atoms with E-state index in [0.717, 1.165) is 36.9 Å². The van der Waals surface area contributed by atoms with Crippen LogP contribution in [0, 0.1) is 5.92 Å². The third kappa shape index (κ3) is 2.63. The van der Waals surface area contributed by atoms with E-state index in [2.05, 4.69) is 34.1 Å². The zero-order chi connectivity index (χ0) is 13.9. The molecule has 3 heterocycles. The van der Waals surface area contributed by atoms with Gasteiger partial charge in [-0.2, -0.15) is 5.10 Å². The fraction of sp³-hybridized carbons (Fsp3) is 0.600. The third-order valence-electron chi connectivity index (χ3n) is 4.11. The van der Waals surface area contributed by atoms with Gasteiger partial charge in [0.15, 0.2) is 5.82 Å². The number of hydrogen-bond acceptors (Lipinski definition) is 4. The van der Waals surface area contributed by atoms with Crippen molar-refractivity contribution in [1.29, 1.82) is 0 Å². The molecule has 1 fully saturated rings. The highest BCUT2D eigenvalue weighted by Crippen LogP contribution is 2.24. The molecule has 1 aliphatic rings. The van der Waals surface area contributed by atoms with Crippen LogP contribution in [0.4, 0.5) is 5.82 Å². The van der Waals surface area contributed by atoms with Gasteiger partial charge in [-0.15, -0.1) is 0 Å². The number of rotatable bonds is 4. The molecule has 20 heavy (non-hydrogen) atoms. The quantitative estimate of drug-likeness (QED) is 0.925. The normalized spacial score (nSPS) is 16.9. The first kappa shape index (κ1) is 13.4. The minimum Gasteiger partial charge on any atom is -0.352 e. The fourth-order valence-electron chi connectivity index (χ4n) is 2.95. The van der Waals surface area contributed by atoms with Crippen molar-refractivity contribution in [1.82, 2.24) is 19.9 Å². The monoisotopic (exact) mass is 273 g/mol. The molecule has 2 aromatic heterocycles. The van der Waals surface area contributed by atoms with Crippen LogP contribution in [0.5, 0.6) is 0 Å². The Morgan fingerprint density at radius 1 is 1.35 bits per heavy atom. The van der Waals surface area contributed by atoms with E-state index in [-0.39, 0.29) is 0 Å². The maximum Gasteiger partial charge on any atom is 0.154 e. The van der Waals surface area contributed by atoms with Crippen molar-refractivity contribution in [2.45, 2.75) is 32.7 Å². The highest BCUT2D eigenvalue weighted by Gasteiger charge is 2.21. The van der Waals surface area contributed by atoms with Gasteiger partial charge in [0.2, 0.25) is 0 Å². The standard InChI is InChI=1S/C15H23N5/c1-12(2)19(11-13-3-6-16-7-4-13)15-14-5-8-18-20(14)10-9-17-15/h5,8-10,12-13,16H,3-4,6-7,11H2,1-2H3. The topological polar surface area (TPSA) is 45.5 Å². The maximum atomic E-state index is 4.62. The van der Waals surface area contributed by atoms with Crippen LogP contribution in [-0.4, -0.2) is 40.3 Å². The fourth-order valence-corrected chi connectivity index (χ4v) is 2.95. The van der Waals surface area contributed by atoms with E-state index in [0.29, 0.717) is 6.04 Å². The summed E-state index contributed by atoms with van der Waals surface area (Å²) in [4.78, 5) is 7.04. The van der Waals surface area contributed by atoms with E-state index in [4.69, 9.17) is 0 Å². The molecule has 0 saturated carbocycles. The summed E-state index contributed by atoms with van der Waals surface area (Å²) in [7, 11) is 0. The van der Waals surface area contributed by atoms with Gasteiger partial charge in [-0.3, -0.25) is 0 Å². The van der Waals surface area contributed by atoms with E-state index in [1.807, 2.05) is 29.2 Å². The van der Waals surface area contributed by atoms with Crippen LogP contribution in [-0.2, 0) is 0 Å².